The molecule has 1 atom stereocenters. The van der Waals surface area contributed by atoms with E-state index in [0.29, 0.717) is 12.2 Å². The van der Waals surface area contributed by atoms with Crippen LogP contribution in [0.4, 0.5) is 5.69 Å². The Kier molecular flexibility index (Phi) is 10.1. The van der Waals surface area contributed by atoms with Crippen molar-refractivity contribution in [2.24, 2.45) is 0 Å². The van der Waals surface area contributed by atoms with E-state index in [1.165, 1.54) is 17.0 Å². The van der Waals surface area contributed by atoms with Crippen LogP contribution in [-0.2, 0) is 32.6 Å². The van der Waals surface area contributed by atoms with Gasteiger partial charge in [-0.2, -0.15) is 0 Å². The van der Waals surface area contributed by atoms with Crippen LogP contribution in [0.15, 0.2) is 114 Å². The summed E-state index contributed by atoms with van der Waals surface area (Å²) in [5, 5.41) is 2.88. The summed E-state index contributed by atoms with van der Waals surface area (Å²) in [7, 11) is -4.12. The first-order chi connectivity index (χ1) is 20.2. The minimum atomic E-state index is -4.12. The molecule has 7 nitrogen and oxygen atoms in total. The molecule has 0 spiro atoms. The number of nitrogens with zero attached hydrogens (tertiary/aromatic N) is 2. The van der Waals surface area contributed by atoms with Crippen molar-refractivity contribution in [3.63, 3.8) is 0 Å². The van der Waals surface area contributed by atoms with Crippen LogP contribution in [0, 0.1) is 13.8 Å². The number of rotatable bonds is 12. The Hall–Kier alpha value is -4.43. The van der Waals surface area contributed by atoms with E-state index < -0.39 is 28.5 Å². The van der Waals surface area contributed by atoms with Gasteiger partial charge in [-0.1, -0.05) is 96.6 Å². The van der Waals surface area contributed by atoms with Gasteiger partial charge in [0.05, 0.1) is 10.6 Å². The van der Waals surface area contributed by atoms with E-state index in [9.17, 15) is 18.0 Å². The molecule has 8 heteroatoms. The maximum Gasteiger partial charge on any atom is 0.264 e. The molecule has 0 saturated carbocycles. The van der Waals surface area contributed by atoms with Crippen molar-refractivity contribution in [1.82, 2.24) is 10.2 Å². The molecule has 0 radical (unpaired) electrons. The van der Waals surface area contributed by atoms with Gasteiger partial charge < -0.3 is 10.2 Å². The smallest absolute Gasteiger partial charge is 0.264 e. The van der Waals surface area contributed by atoms with Gasteiger partial charge in [0, 0.05) is 19.5 Å². The minimum absolute atomic E-state index is 0.0805. The third-order valence-corrected chi connectivity index (χ3v) is 8.82. The molecule has 1 N–H and O–H groups in total. The lowest BCUT2D eigenvalue weighted by Crippen LogP contribution is -2.53. The molecule has 42 heavy (non-hydrogen) atoms. The molecule has 4 aromatic carbocycles. The van der Waals surface area contributed by atoms with Crippen LogP contribution < -0.4 is 9.62 Å². The molecular formula is C34H37N3O4S. The minimum Gasteiger partial charge on any atom is -0.355 e. The number of sulfonamides is 1. The molecule has 0 aromatic heterocycles. The van der Waals surface area contributed by atoms with Gasteiger partial charge in [0.2, 0.25) is 11.8 Å². The van der Waals surface area contributed by atoms with Crippen LogP contribution in [0.25, 0.3) is 0 Å². The third kappa shape index (κ3) is 7.44. The fourth-order valence-corrected chi connectivity index (χ4v) is 6.44. The number of carbonyl (C=O) groups is 2. The molecule has 218 valence electrons. The molecule has 0 aliphatic rings. The van der Waals surface area contributed by atoms with E-state index in [0.717, 1.165) is 26.6 Å². The number of hydrogen-bond acceptors (Lipinski definition) is 4. The van der Waals surface area contributed by atoms with Crippen molar-refractivity contribution in [3.8, 4) is 0 Å². The number of hydrogen-bond donors (Lipinski definition) is 1. The number of benzene rings is 4. The Balaban J connectivity index is 1.80. The fourth-order valence-electron chi connectivity index (χ4n) is 4.94. The molecule has 2 amide bonds. The highest BCUT2D eigenvalue weighted by Crippen LogP contribution is 2.28. The number of aryl methyl sites for hydroxylation is 2. The Morgan fingerprint density at radius 3 is 1.93 bits per heavy atom. The maximum absolute atomic E-state index is 14.4. The van der Waals surface area contributed by atoms with Gasteiger partial charge in [-0.3, -0.25) is 13.9 Å². The highest BCUT2D eigenvalue weighted by molar-refractivity contribution is 7.92. The van der Waals surface area contributed by atoms with Crippen LogP contribution in [0.1, 0.15) is 29.2 Å². The average Bonchev–Trinajstić information content (AvgIpc) is 2.99. The molecule has 0 aliphatic heterocycles. The zero-order chi connectivity index (χ0) is 30.1. The zero-order valence-corrected chi connectivity index (χ0v) is 25.1. The lowest BCUT2D eigenvalue weighted by molar-refractivity contribution is -0.140. The normalized spacial score (nSPS) is 11.9. The monoisotopic (exact) mass is 583 g/mol. The summed E-state index contributed by atoms with van der Waals surface area (Å²) in [5.74, 6) is -0.778. The zero-order valence-electron chi connectivity index (χ0n) is 24.2. The molecule has 4 aromatic rings. The molecule has 0 aliphatic carbocycles. The second kappa shape index (κ2) is 14.0. The lowest BCUT2D eigenvalue weighted by atomic mass is 10.0. The SMILES string of the molecule is CCNC(=O)[C@H](Cc1ccccc1)N(Cc1ccccc1)C(=O)CN(c1ccc(C)cc1C)S(=O)(=O)c1ccccc1. The van der Waals surface area contributed by atoms with Crippen molar-refractivity contribution in [2.45, 2.75) is 44.7 Å². The topological polar surface area (TPSA) is 86.8 Å². The first kappa shape index (κ1) is 30.5. The van der Waals surface area contributed by atoms with E-state index >= 15 is 0 Å². The van der Waals surface area contributed by atoms with Gasteiger partial charge in [-0.15, -0.1) is 0 Å². The van der Waals surface area contributed by atoms with E-state index in [1.807, 2.05) is 93.6 Å². The Morgan fingerprint density at radius 1 is 0.786 bits per heavy atom. The van der Waals surface area contributed by atoms with Gasteiger partial charge in [0.25, 0.3) is 10.0 Å². The van der Waals surface area contributed by atoms with E-state index in [4.69, 9.17) is 0 Å². The molecule has 4 rings (SSSR count). The summed E-state index contributed by atoms with van der Waals surface area (Å²) in [5.41, 5.74) is 3.83. The van der Waals surface area contributed by atoms with Crippen molar-refractivity contribution >= 4 is 27.5 Å². The summed E-state index contributed by atoms with van der Waals surface area (Å²) in [4.78, 5) is 29.5. The van der Waals surface area contributed by atoms with Crippen LogP contribution in [-0.4, -0.2) is 44.3 Å². The van der Waals surface area contributed by atoms with Crippen molar-refractivity contribution in [2.75, 3.05) is 17.4 Å². The van der Waals surface area contributed by atoms with Crippen LogP contribution in [0.5, 0.6) is 0 Å². The van der Waals surface area contributed by atoms with Gasteiger partial charge in [0.15, 0.2) is 0 Å². The summed E-state index contributed by atoms with van der Waals surface area (Å²) >= 11 is 0. The highest BCUT2D eigenvalue weighted by atomic mass is 32.2. The molecular weight excluding hydrogens is 546 g/mol. The predicted octanol–water partition coefficient (Wildman–Crippen LogP) is 5.27. The number of carbonyl (C=O) groups excluding carboxylic acids is 2. The van der Waals surface area contributed by atoms with Gasteiger partial charge >= 0.3 is 0 Å². The van der Waals surface area contributed by atoms with Crippen molar-refractivity contribution < 1.29 is 18.0 Å². The standard InChI is InChI=1S/C34H37N3O4S/c1-4-35-34(39)32(23-28-14-8-5-9-15-28)36(24-29-16-10-6-11-17-29)33(38)25-37(31-21-20-26(2)22-27(31)3)42(40,41)30-18-12-7-13-19-30/h5-22,32H,4,23-25H2,1-3H3,(H,35,39)/t32-/m0/s1. The molecule has 0 unspecified atom stereocenters. The third-order valence-electron chi connectivity index (χ3n) is 7.05. The van der Waals surface area contributed by atoms with E-state index in [-0.39, 0.29) is 23.8 Å². The number of nitrogens with one attached hydrogen (secondary N) is 1. The van der Waals surface area contributed by atoms with Crippen molar-refractivity contribution in [1.29, 1.82) is 0 Å². The second-order valence-electron chi connectivity index (χ2n) is 10.2. The molecule has 0 saturated heterocycles. The van der Waals surface area contributed by atoms with Crippen molar-refractivity contribution in [3.05, 3.63) is 131 Å². The number of likely N-dealkylation sites (N-methyl/N-ethyl adjacent to an activating group) is 1. The fraction of sp³-hybridized carbons (Fsp3) is 0.235. The maximum atomic E-state index is 14.4. The van der Waals surface area contributed by atoms with E-state index in [2.05, 4.69) is 5.32 Å². The lowest BCUT2D eigenvalue weighted by Gasteiger charge is -2.34. The van der Waals surface area contributed by atoms with Gasteiger partial charge in [0.1, 0.15) is 12.6 Å². The first-order valence-electron chi connectivity index (χ1n) is 14.0. The van der Waals surface area contributed by atoms with Crippen LogP contribution >= 0.6 is 0 Å². The second-order valence-corrected chi connectivity index (χ2v) is 12.1. The molecule has 0 bridgehead atoms. The summed E-state index contributed by atoms with van der Waals surface area (Å²) < 4.78 is 29.3. The summed E-state index contributed by atoms with van der Waals surface area (Å²) in [6.45, 7) is 5.65. The number of amides is 2. The molecule has 0 heterocycles. The predicted molar refractivity (Wildman–Crippen MR) is 166 cm³/mol. The van der Waals surface area contributed by atoms with E-state index in [1.54, 1.807) is 24.3 Å². The summed E-state index contributed by atoms with van der Waals surface area (Å²) in [6.07, 6.45) is 0.278. The first-order valence-corrected chi connectivity index (χ1v) is 15.4. The quantitative estimate of drug-likeness (QED) is 0.246. The van der Waals surface area contributed by atoms with Gasteiger partial charge in [-0.05, 0) is 55.7 Å². The van der Waals surface area contributed by atoms with Crippen LogP contribution in [0.2, 0.25) is 0 Å². The van der Waals surface area contributed by atoms with Crippen LogP contribution in [0.3, 0.4) is 0 Å². The largest absolute Gasteiger partial charge is 0.355 e. The van der Waals surface area contributed by atoms with Gasteiger partial charge in [-0.25, -0.2) is 8.42 Å². The average molecular weight is 584 g/mol. The summed E-state index contributed by atoms with van der Waals surface area (Å²) in [6, 6.07) is 31.6. The number of anilines is 1. The molecule has 0 fully saturated rings. The Labute approximate surface area is 248 Å². The highest BCUT2D eigenvalue weighted by Gasteiger charge is 2.34. The Morgan fingerprint density at radius 2 is 1.36 bits per heavy atom. The Bertz CT molecular complexity index is 1590.